The van der Waals surface area contributed by atoms with Gasteiger partial charge in [0.2, 0.25) is 11.8 Å². The van der Waals surface area contributed by atoms with Gasteiger partial charge in [0.05, 0.1) is 25.8 Å². The smallest absolute Gasteiger partial charge is 0.246 e. The molecule has 1 N–H and O–H groups in total. The molecule has 0 aliphatic carbocycles. The van der Waals surface area contributed by atoms with E-state index in [2.05, 4.69) is 22.0 Å². The second-order valence-electron chi connectivity index (χ2n) is 8.33. The van der Waals surface area contributed by atoms with Crippen molar-refractivity contribution < 1.29 is 14.3 Å². The number of amides is 2. The molecule has 0 saturated carbocycles. The Kier molecular flexibility index (Phi) is 4.80. The number of aromatic amines is 1. The fourth-order valence-electron chi connectivity index (χ4n) is 5.13. The van der Waals surface area contributed by atoms with Gasteiger partial charge in [-0.05, 0) is 25.0 Å². The van der Waals surface area contributed by atoms with E-state index >= 15 is 0 Å². The Bertz CT molecular complexity index is 933. The standard InChI is InChI=1S/C22H28N4O3/c1-15-21-17(16-5-2-3-6-18(16)23-21)13-19-22(28)25(14-20(27)26(15)19)8-4-7-24-9-11-29-12-10-24/h2-3,5-6,15,19,23H,4,7-14H2,1H3. The lowest BCUT2D eigenvalue weighted by molar-refractivity contribution is -0.159. The second-order valence-corrected chi connectivity index (χ2v) is 8.33. The minimum atomic E-state index is -0.388. The van der Waals surface area contributed by atoms with Gasteiger partial charge < -0.3 is 19.5 Å². The van der Waals surface area contributed by atoms with E-state index < -0.39 is 0 Å². The Morgan fingerprint density at radius 2 is 1.93 bits per heavy atom. The molecule has 0 bridgehead atoms. The Hall–Kier alpha value is -2.38. The summed E-state index contributed by atoms with van der Waals surface area (Å²) >= 11 is 0. The average Bonchev–Trinajstić information content (AvgIpc) is 3.11. The summed E-state index contributed by atoms with van der Waals surface area (Å²) in [5.74, 6) is 0.145. The third-order valence-electron chi connectivity index (χ3n) is 6.63. The first-order valence-corrected chi connectivity index (χ1v) is 10.6. The number of fused-ring (bicyclic) bond motifs is 4. The van der Waals surface area contributed by atoms with E-state index in [1.54, 1.807) is 9.80 Å². The van der Waals surface area contributed by atoms with Gasteiger partial charge in [0.25, 0.3) is 0 Å². The third kappa shape index (κ3) is 3.22. The number of para-hydroxylation sites is 1. The maximum absolute atomic E-state index is 13.3. The first kappa shape index (κ1) is 18.6. The van der Waals surface area contributed by atoms with Crippen molar-refractivity contribution in [2.75, 3.05) is 45.9 Å². The van der Waals surface area contributed by atoms with Crippen molar-refractivity contribution in [3.05, 3.63) is 35.5 Å². The number of carbonyl (C=O) groups excluding carboxylic acids is 2. The Morgan fingerprint density at radius 1 is 1.14 bits per heavy atom. The number of morpholine rings is 1. The van der Waals surface area contributed by atoms with Crippen LogP contribution < -0.4 is 0 Å². The fourth-order valence-corrected chi connectivity index (χ4v) is 5.13. The number of hydrogen-bond acceptors (Lipinski definition) is 4. The molecule has 29 heavy (non-hydrogen) atoms. The normalized spacial score (nSPS) is 25.4. The van der Waals surface area contributed by atoms with Crippen LogP contribution in [-0.4, -0.2) is 83.5 Å². The SMILES string of the molecule is CC1c2[nH]c3ccccc3c2CC2C(=O)N(CCCN3CCOCC3)CC(=O)N21. The van der Waals surface area contributed by atoms with Gasteiger partial charge in [0.15, 0.2) is 0 Å². The molecule has 7 heteroatoms. The summed E-state index contributed by atoms with van der Waals surface area (Å²) in [5.41, 5.74) is 3.33. The largest absolute Gasteiger partial charge is 0.379 e. The van der Waals surface area contributed by atoms with Crippen molar-refractivity contribution in [3.8, 4) is 0 Å². The highest BCUT2D eigenvalue weighted by Gasteiger charge is 2.46. The number of aromatic nitrogens is 1. The first-order valence-electron chi connectivity index (χ1n) is 10.6. The van der Waals surface area contributed by atoms with Gasteiger partial charge in [-0.25, -0.2) is 0 Å². The van der Waals surface area contributed by atoms with Crippen molar-refractivity contribution in [3.63, 3.8) is 0 Å². The van der Waals surface area contributed by atoms with Crippen LogP contribution in [0.15, 0.2) is 24.3 Å². The number of benzene rings is 1. The van der Waals surface area contributed by atoms with Crippen LogP contribution in [0.1, 0.15) is 30.6 Å². The Morgan fingerprint density at radius 3 is 2.76 bits per heavy atom. The summed E-state index contributed by atoms with van der Waals surface area (Å²) < 4.78 is 5.39. The summed E-state index contributed by atoms with van der Waals surface area (Å²) in [6.07, 6.45) is 1.48. The average molecular weight is 396 g/mol. The third-order valence-corrected chi connectivity index (χ3v) is 6.63. The Balaban J connectivity index is 1.33. The highest BCUT2D eigenvalue weighted by atomic mass is 16.5. The highest BCUT2D eigenvalue weighted by molar-refractivity contribution is 5.97. The van der Waals surface area contributed by atoms with E-state index in [4.69, 9.17) is 4.74 Å². The van der Waals surface area contributed by atoms with Crippen LogP contribution in [0, 0.1) is 0 Å². The number of hydrogen-bond donors (Lipinski definition) is 1. The van der Waals surface area contributed by atoms with Crippen LogP contribution in [0.4, 0.5) is 0 Å². The molecule has 2 unspecified atom stereocenters. The summed E-state index contributed by atoms with van der Waals surface area (Å²) in [5, 5.41) is 1.17. The molecular weight excluding hydrogens is 368 g/mol. The summed E-state index contributed by atoms with van der Waals surface area (Å²) in [4.78, 5) is 35.7. The van der Waals surface area contributed by atoms with Crippen LogP contribution >= 0.6 is 0 Å². The molecule has 2 amide bonds. The molecule has 2 aromatic rings. The van der Waals surface area contributed by atoms with Crippen LogP contribution in [0.2, 0.25) is 0 Å². The predicted octanol–water partition coefficient (Wildman–Crippen LogP) is 1.55. The molecule has 154 valence electrons. The zero-order valence-electron chi connectivity index (χ0n) is 16.9. The van der Waals surface area contributed by atoms with E-state index in [1.165, 1.54) is 10.9 Å². The van der Waals surface area contributed by atoms with Crippen molar-refractivity contribution in [2.24, 2.45) is 0 Å². The van der Waals surface area contributed by atoms with Gasteiger partial charge >= 0.3 is 0 Å². The number of nitrogens with one attached hydrogen (secondary N) is 1. The molecule has 0 spiro atoms. The molecule has 0 radical (unpaired) electrons. The summed E-state index contributed by atoms with van der Waals surface area (Å²) in [6.45, 7) is 7.26. The van der Waals surface area contributed by atoms with Crippen LogP contribution in [0.25, 0.3) is 10.9 Å². The number of piperazine rings is 1. The van der Waals surface area contributed by atoms with Gasteiger partial charge in [-0.15, -0.1) is 0 Å². The molecular formula is C22H28N4O3. The van der Waals surface area contributed by atoms with Gasteiger partial charge in [-0.2, -0.15) is 0 Å². The number of carbonyl (C=O) groups is 2. The molecule has 2 atom stereocenters. The van der Waals surface area contributed by atoms with Gasteiger partial charge in [-0.3, -0.25) is 14.5 Å². The summed E-state index contributed by atoms with van der Waals surface area (Å²) in [6, 6.07) is 7.70. The molecule has 1 aromatic heterocycles. The molecule has 1 aromatic carbocycles. The quantitative estimate of drug-likeness (QED) is 0.851. The van der Waals surface area contributed by atoms with Crippen LogP contribution in [0.5, 0.6) is 0 Å². The maximum atomic E-state index is 13.3. The fraction of sp³-hybridized carbons (Fsp3) is 0.545. The number of H-pyrrole nitrogens is 1. The van der Waals surface area contributed by atoms with Crippen molar-refractivity contribution in [2.45, 2.75) is 31.8 Å². The zero-order valence-corrected chi connectivity index (χ0v) is 16.9. The van der Waals surface area contributed by atoms with Gasteiger partial charge in [-0.1, -0.05) is 18.2 Å². The summed E-state index contributed by atoms with van der Waals surface area (Å²) in [7, 11) is 0. The van der Waals surface area contributed by atoms with E-state index in [9.17, 15) is 9.59 Å². The van der Waals surface area contributed by atoms with Gasteiger partial charge in [0, 0.05) is 49.2 Å². The molecule has 2 saturated heterocycles. The number of rotatable bonds is 4. The topological polar surface area (TPSA) is 68.9 Å². The first-order chi connectivity index (χ1) is 14.1. The van der Waals surface area contributed by atoms with Crippen molar-refractivity contribution in [1.29, 1.82) is 0 Å². The lowest BCUT2D eigenvalue weighted by Gasteiger charge is -2.46. The lowest BCUT2D eigenvalue weighted by Crippen LogP contribution is -2.62. The second kappa shape index (κ2) is 7.46. The van der Waals surface area contributed by atoms with E-state index in [0.29, 0.717) is 13.0 Å². The molecule has 2 fully saturated rings. The van der Waals surface area contributed by atoms with E-state index in [-0.39, 0.29) is 30.4 Å². The lowest BCUT2D eigenvalue weighted by atomic mass is 9.90. The molecule has 5 rings (SSSR count). The minimum absolute atomic E-state index is 0.0535. The van der Waals surface area contributed by atoms with Gasteiger partial charge in [0.1, 0.15) is 6.04 Å². The van der Waals surface area contributed by atoms with E-state index in [0.717, 1.165) is 50.5 Å². The zero-order chi connectivity index (χ0) is 20.0. The predicted molar refractivity (Wildman–Crippen MR) is 110 cm³/mol. The molecule has 7 nitrogen and oxygen atoms in total. The minimum Gasteiger partial charge on any atom is -0.379 e. The number of nitrogens with zero attached hydrogens (tertiary/aromatic N) is 3. The molecule has 3 aliphatic heterocycles. The maximum Gasteiger partial charge on any atom is 0.246 e. The van der Waals surface area contributed by atoms with E-state index in [1.807, 2.05) is 19.1 Å². The Labute approximate surface area is 170 Å². The monoisotopic (exact) mass is 396 g/mol. The van der Waals surface area contributed by atoms with Crippen molar-refractivity contribution in [1.82, 2.24) is 19.7 Å². The van der Waals surface area contributed by atoms with Crippen molar-refractivity contribution >= 4 is 22.7 Å². The molecule has 4 heterocycles. The molecule has 3 aliphatic rings. The highest BCUT2D eigenvalue weighted by Crippen LogP contribution is 2.38. The van der Waals surface area contributed by atoms with Crippen LogP contribution in [-0.2, 0) is 20.7 Å². The number of ether oxygens (including phenoxy) is 1. The van der Waals surface area contributed by atoms with Crippen LogP contribution in [0.3, 0.4) is 0 Å².